The molecule has 0 aromatic carbocycles. The number of carbonyl (C=O) groups excluding carboxylic acids is 2. The Labute approximate surface area is 134 Å². The Balaban J connectivity index is 2.23. The lowest BCUT2D eigenvalue weighted by atomic mass is 10.0. The highest BCUT2D eigenvalue weighted by Gasteiger charge is 2.33. The van der Waals surface area contributed by atoms with Gasteiger partial charge >= 0.3 is 0 Å². The van der Waals surface area contributed by atoms with Crippen LogP contribution in [0.5, 0.6) is 0 Å². The van der Waals surface area contributed by atoms with Crippen molar-refractivity contribution in [2.24, 2.45) is 5.92 Å². The Hall–Kier alpha value is -1.32. The van der Waals surface area contributed by atoms with E-state index in [1.165, 1.54) is 38.2 Å². The van der Waals surface area contributed by atoms with Crippen molar-refractivity contribution in [2.75, 3.05) is 0 Å². The third-order valence-electron chi connectivity index (χ3n) is 4.24. The molecule has 1 heterocycles. The van der Waals surface area contributed by atoms with Gasteiger partial charge in [-0.15, -0.1) is 0 Å². The fraction of sp³-hybridized carbons (Fsp3) is 0.778. The standard InChI is InChI=1S/C18H31NO3/c1-4-6-7-8-9-10-11-12-15(20)13-16-19-18(21)17(22-16)14(3)5-2/h13-14,17H,4-12H2,1-3H3,(H,19,21)/b16-13+/t14-,17?/m0/s1. The topological polar surface area (TPSA) is 55.4 Å². The molecule has 0 aromatic rings. The average molecular weight is 309 g/mol. The molecule has 22 heavy (non-hydrogen) atoms. The molecule has 1 N–H and O–H groups in total. The minimum Gasteiger partial charge on any atom is -0.465 e. The molecule has 0 radical (unpaired) electrons. The van der Waals surface area contributed by atoms with E-state index in [-0.39, 0.29) is 17.6 Å². The predicted octanol–water partition coefficient (Wildman–Crippen LogP) is 4.10. The van der Waals surface area contributed by atoms with E-state index in [4.69, 9.17) is 4.74 Å². The first-order chi connectivity index (χ1) is 10.6. The van der Waals surface area contributed by atoms with Gasteiger partial charge in [-0.2, -0.15) is 0 Å². The molecule has 1 fully saturated rings. The van der Waals surface area contributed by atoms with Crippen LogP contribution in [0.25, 0.3) is 0 Å². The van der Waals surface area contributed by atoms with Gasteiger partial charge < -0.3 is 4.74 Å². The summed E-state index contributed by atoms with van der Waals surface area (Å²) in [4.78, 5) is 23.6. The van der Waals surface area contributed by atoms with Gasteiger partial charge in [-0.25, -0.2) is 0 Å². The summed E-state index contributed by atoms with van der Waals surface area (Å²) >= 11 is 0. The fourth-order valence-corrected chi connectivity index (χ4v) is 2.55. The minimum atomic E-state index is -0.456. The zero-order valence-corrected chi connectivity index (χ0v) is 14.3. The van der Waals surface area contributed by atoms with Crippen LogP contribution in [-0.2, 0) is 14.3 Å². The maximum absolute atomic E-state index is 11.9. The highest BCUT2D eigenvalue weighted by Crippen LogP contribution is 2.20. The van der Waals surface area contributed by atoms with Crippen molar-refractivity contribution in [2.45, 2.75) is 84.7 Å². The molecule has 1 rings (SSSR count). The van der Waals surface area contributed by atoms with E-state index in [1.54, 1.807) is 0 Å². The van der Waals surface area contributed by atoms with E-state index < -0.39 is 6.10 Å². The second-order valence-corrected chi connectivity index (χ2v) is 6.26. The molecular formula is C18H31NO3. The molecule has 2 atom stereocenters. The summed E-state index contributed by atoms with van der Waals surface area (Å²) in [6, 6.07) is 0. The van der Waals surface area contributed by atoms with Crippen molar-refractivity contribution in [3.8, 4) is 0 Å². The van der Waals surface area contributed by atoms with Crippen LogP contribution in [0.4, 0.5) is 0 Å². The van der Waals surface area contributed by atoms with Gasteiger partial charge in [-0.05, 0) is 12.8 Å². The van der Waals surface area contributed by atoms with Gasteiger partial charge in [0.15, 0.2) is 17.8 Å². The largest absolute Gasteiger partial charge is 0.465 e. The van der Waals surface area contributed by atoms with Crippen molar-refractivity contribution < 1.29 is 14.3 Å². The van der Waals surface area contributed by atoms with Gasteiger partial charge in [-0.3, -0.25) is 14.9 Å². The maximum atomic E-state index is 11.9. The highest BCUT2D eigenvalue weighted by molar-refractivity contribution is 5.92. The summed E-state index contributed by atoms with van der Waals surface area (Å²) in [5.74, 6) is 0.380. The van der Waals surface area contributed by atoms with E-state index in [9.17, 15) is 9.59 Å². The Morgan fingerprint density at radius 1 is 1.18 bits per heavy atom. The van der Waals surface area contributed by atoms with Crippen molar-refractivity contribution >= 4 is 11.7 Å². The van der Waals surface area contributed by atoms with E-state index >= 15 is 0 Å². The van der Waals surface area contributed by atoms with Crippen molar-refractivity contribution in [3.05, 3.63) is 12.0 Å². The molecule has 0 spiro atoms. The minimum absolute atomic E-state index is 0.0358. The predicted molar refractivity (Wildman–Crippen MR) is 88.2 cm³/mol. The Bertz CT molecular complexity index is 390. The normalized spacial score (nSPS) is 20.8. The second-order valence-electron chi connectivity index (χ2n) is 6.26. The van der Waals surface area contributed by atoms with Crippen molar-refractivity contribution in [1.82, 2.24) is 5.32 Å². The molecule has 1 saturated heterocycles. The molecule has 0 aliphatic carbocycles. The Morgan fingerprint density at radius 3 is 2.45 bits per heavy atom. The number of rotatable bonds is 11. The van der Waals surface area contributed by atoms with Crippen LogP contribution in [-0.4, -0.2) is 17.8 Å². The number of nitrogens with one attached hydrogen (secondary N) is 1. The first kappa shape index (κ1) is 18.7. The van der Waals surface area contributed by atoms with Gasteiger partial charge in [0, 0.05) is 18.4 Å². The fourth-order valence-electron chi connectivity index (χ4n) is 2.55. The summed E-state index contributed by atoms with van der Waals surface area (Å²) in [5.41, 5.74) is 0. The maximum Gasteiger partial charge on any atom is 0.268 e. The van der Waals surface area contributed by atoms with Crippen LogP contribution < -0.4 is 5.32 Å². The third-order valence-corrected chi connectivity index (χ3v) is 4.24. The third kappa shape index (κ3) is 6.63. The van der Waals surface area contributed by atoms with Crippen LogP contribution in [0.15, 0.2) is 12.0 Å². The molecular weight excluding hydrogens is 278 g/mol. The first-order valence-electron chi connectivity index (χ1n) is 8.80. The Morgan fingerprint density at radius 2 is 1.82 bits per heavy atom. The monoisotopic (exact) mass is 309 g/mol. The van der Waals surface area contributed by atoms with Crippen LogP contribution in [0, 0.1) is 5.92 Å². The van der Waals surface area contributed by atoms with Gasteiger partial charge in [0.25, 0.3) is 5.91 Å². The second kappa shape index (κ2) is 10.4. The summed E-state index contributed by atoms with van der Waals surface area (Å²) in [6.45, 7) is 6.21. The number of unbranched alkanes of at least 4 members (excludes halogenated alkanes) is 6. The molecule has 1 unspecified atom stereocenters. The quantitative estimate of drug-likeness (QED) is 0.462. The van der Waals surface area contributed by atoms with Crippen molar-refractivity contribution in [1.29, 1.82) is 0 Å². The summed E-state index contributed by atoms with van der Waals surface area (Å²) in [7, 11) is 0. The van der Waals surface area contributed by atoms with Gasteiger partial charge in [0.1, 0.15) is 0 Å². The zero-order valence-electron chi connectivity index (χ0n) is 14.3. The van der Waals surface area contributed by atoms with E-state index in [0.717, 1.165) is 19.3 Å². The average Bonchev–Trinajstić information content (AvgIpc) is 2.86. The highest BCUT2D eigenvalue weighted by atomic mass is 16.5. The molecule has 1 amide bonds. The molecule has 4 heteroatoms. The number of hydrogen-bond acceptors (Lipinski definition) is 3. The number of amides is 1. The molecule has 1 aliphatic heterocycles. The summed E-state index contributed by atoms with van der Waals surface area (Å²) in [6.07, 6.45) is 10.7. The van der Waals surface area contributed by atoms with Crippen LogP contribution in [0.2, 0.25) is 0 Å². The number of allylic oxidation sites excluding steroid dienone is 1. The van der Waals surface area contributed by atoms with Gasteiger partial charge in [0.05, 0.1) is 0 Å². The van der Waals surface area contributed by atoms with E-state index in [2.05, 4.69) is 12.2 Å². The van der Waals surface area contributed by atoms with E-state index in [1.807, 2.05) is 13.8 Å². The molecule has 1 aliphatic rings. The molecule has 0 saturated carbocycles. The molecule has 126 valence electrons. The number of ketones is 1. The summed E-state index contributed by atoms with van der Waals surface area (Å²) < 4.78 is 5.55. The smallest absolute Gasteiger partial charge is 0.268 e. The Kier molecular flexibility index (Phi) is 8.86. The van der Waals surface area contributed by atoms with Gasteiger partial charge in [-0.1, -0.05) is 59.3 Å². The van der Waals surface area contributed by atoms with E-state index in [0.29, 0.717) is 12.3 Å². The lowest BCUT2D eigenvalue weighted by Crippen LogP contribution is -2.28. The van der Waals surface area contributed by atoms with Crippen molar-refractivity contribution in [3.63, 3.8) is 0 Å². The van der Waals surface area contributed by atoms with Crippen LogP contribution >= 0.6 is 0 Å². The molecule has 0 aromatic heterocycles. The van der Waals surface area contributed by atoms with Crippen LogP contribution in [0.3, 0.4) is 0 Å². The number of hydrogen-bond donors (Lipinski definition) is 1. The SMILES string of the molecule is CCCCCCCCCC(=O)/C=C1\NC(=O)C([C@@H](C)CC)O1. The molecule has 4 nitrogen and oxygen atoms in total. The number of ether oxygens (including phenoxy) is 1. The summed E-state index contributed by atoms with van der Waals surface area (Å²) in [5, 5.41) is 2.65. The lowest BCUT2D eigenvalue weighted by molar-refractivity contribution is -0.125. The lowest BCUT2D eigenvalue weighted by Gasteiger charge is -2.13. The molecule has 0 bridgehead atoms. The van der Waals surface area contributed by atoms with Crippen LogP contribution in [0.1, 0.15) is 78.6 Å². The first-order valence-corrected chi connectivity index (χ1v) is 8.80. The zero-order chi connectivity index (χ0) is 16.4. The van der Waals surface area contributed by atoms with Gasteiger partial charge in [0.2, 0.25) is 0 Å². The number of carbonyl (C=O) groups is 2.